The van der Waals surface area contributed by atoms with Crippen LogP contribution in [0.5, 0.6) is 17.2 Å². The van der Waals surface area contributed by atoms with Crippen molar-refractivity contribution >= 4 is 16.8 Å². The molecule has 0 saturated heterocycles. The van der Waals surface area contributed by atoms with E-state index in [4.69, 9.17) is 9.47 Å². The molecule has 0 saturated carbocycles. The van der Waals surface area contributed by atoms with Crippen LogP contribution < -0.4 is 9.47 Å². The second-order valence-electron chi connectivity index (χ2n) is 6.10. The Morgan fingerprint density at radius 3 is 2.35 bits per heavy atom. The molecule has 0 spiro atoms. The van der Waals surface area contributed by atoms with Gasteiger partial charge in [-0.3, -0.25) is 4.21 Å². The van der Waals surface area contributed by atoms with Crippen molar-refractivity contribution in [2.45, 2.75) is 44.1 Å². The maximum atomic E-state index is 11.4. The van der Waals surface area contributed by atoms with E-state index in [2.05, 4.69) is 6.92 Å². The van der Waals surface area contributed by atoms with Crippen molar-refractivity contribution < 1.29 is 23.6 Å². The second kappa shape index (κ2) is 9.38. The summed E-state index contributed by atoms with van der Waals surface area (Å²) in [6.45, 7) is 4.08. The van der Waals surface area contributed by atoms with Gasteiger partial charge in [0.15, 0.2) is 0 Å². The molecule has 0 aliphatic rings. The van der Waals surface area contributed by atoms with Crippen molar-refractivity contribution in [2.24, 2.45) is 0 Å². The highest BCUT2D eigenvalue weighted by atomic mass is 32.2. The molecule has 0 fully saturated rings. The van der Waals surface area contributed by atoms with Crippen molar-refractivity contribution in [1.82, 2.24) is 0 Å². The Hall–Kier alpha value is -2.34. The normalized spacial score (nSPS) is 13.0. The van der Waals surface area contributed by atoms with Gasteiger partial charge in [0, 0.05) is 28.0 Å². The summed E-state index contributed by atoms with van der Waals surface area (Å²) in [4.78, 5) is 12.1. The summed E-state index contributed by atoms with van der Waals surface area (Å²) in [6.07, 6.45) is 4.63. The molecule has 0 bridgehead atoms. The first-order valence-electron chi connectivity index (χ1n) is 8.55. The van der Waals surface area contributed by atoms with Crippen LogP contribution in [0.25, 0.3) is 0 Å². The fraction of sp³-hybridized carbons (Fsp3) is 0.350. The minimum absolute atomic E-state index is 0.00865. The van der Waals surface area contributed by atoms with E-state index < -0.39 is 16.8 Å². The van der Waals surface area contributed by atoms with E-state index in [1.54, 1.807) is 36.6 Å². The van der Waals surface area contributed by atoms with Crippen LogP contribution in [-0.4, -0.2) is 27.6 Å². The Kier molecular flexibility index (Phi) is 7.21. The Morgan fingerprint density at radius 2 is 1.77 bits per heavy atom. The number of rotatable bonds is 9. The average molecular weight is 376 g/mol. The van der Waals surface area contributed by atoms with E-state index in [9.17, 15) is 14.1 Å². The predicted molar refractivity (Wildman–Crippen MR) is 102 cm³/mol. The molecule has 2 atom stereocenters. The smallest absolute Gasteiger partial charge is 0.335 e. The largest absolute Gasteiger partial charge is 0.491 e. The molecular formula is C20H24O5S. The topological polar surface area (TPSA) is 72.8 Å². The molecule has 140 valence electrons. The van der Waals surface area contributed by atoms with Gasteiger partial charge in [-0.15, -0.1) is 0 Å². The summed E-state index contributed by atoms with van der Waals surface area (Å²) < 4.78 is 23.1. The van der Waals surface area contributed by atoms with E-state index in [1.165, 1.54) is 12.1 Å². The summed E-state index contributed by atoms with van der Waals surface area (Å²) in [6, 6.07) is 11.5. The van der Waals surface area contributed by atoms with Crippen LogP contribution in [0.4, 0.5) is 0 Å². The highest BCUT2D eigenvalue weighted by Gasteiger charge is 2.12. The van der Waals surface area contributed by atoms with Gasteiger partial charge in [-0.1, -0.05) is 19.8 Å². The van der Waals surface area contributed by atoms with Crippen LogP contribution in [0.15, 0.2) is 47.4 Å². The van der Waals surface area contributed by atoms with Crippen molar-refractivity contribution in [3.63, 3.8) is 0 Å². The summed E-state index contributed by atoms with van der Waals surface area (Å²) in [5.74, 6) is 0.340. The zero-order valence-electron chi connectivity index (χ0n) is 15.2. The van der Waals surface area contributed by atoms with Crippen molar-refractivity contribution in [1.29, 1.82) is 0 Å². The van der Waals surface area contributed by atoms with Gasteiger partial charge in [-0.25, -0.2) is 4.79 Å². The quantitative estimate of drug-likeness (QED) is 0.676. The fourth-order valence-electron chi connectivity index (χ4n) is 2.44. The minimum Gasteiger partial charge on any atom is -0.491 e. The molecule has 2 unspecified atom stereocenters. The van der Waals surface area contributed by atoms with E-state index >= 15 is 0 Å². The monoisotopic (exact) mass is 376 g/mol. The van der Waals surface area contributed by atoms with Gasteiger partial charge in [0.2, 0.25) is 0 Å². The van der Waals surface area contributed by atoms with Gasteiger partial charge < -0.3 is 14.6 Å². The Morgan fingerprint density at radius 1 is 1.12 bits per heavy atom. The summed E-state index contributed by atoms with van der Waals surface area (Å²) in [7, 11) is -1.06. The first-order chi connectivity index (χ1) is 12.4. The Bertz CT molecular complexity index is 770. The van der Waals surface area contributed by atoms with E-state index in [1.807, 2.05) is 6.92 Å². The van der Waals surface area contributed by atoms with Gasteiger partial charge in [-0.2, -0.15) is 0 Å². The molecule has 0 aliphatic carbocycles. The van der Waals surface area contributed by atoms with E-state index in [-0.39, 0.29) is 11.7 Å². The third-order valence-corrected chi connectivity index (χ3v) is 4.76. The molecule has 26 heavy (non-hydrogen) atoms. The molecule has 2 aromatic carbocycles. The van der Waals surface area contributed by atoms with Crippen molar-refractivity contribution in [3.05, 3.63) is 48.0 Å². The number of carboxylic acids is 1. The number of hydrogen-bond donors (Lipinski definition) is 1. The second-order valence-corrected chi connectivity index (χ2v) is 7.48. The molecule has 0 radical (unpaired) electrons. The minimum atomic E-state index is -1.06. The lowest BCUT2D eigenvalue weighted by atomic mass is 10.1. The van der Waals surface area contributed by atoms with Gasteiger partial charge in [0.1, 0.15) is 17.2 Å². The highest BCUT2D eigenvalue weighted by Crippen LogP contribution is 2.29. The lowest BCUT2D eigenvalue weighted by molar-refractivity contribution is 0.0695. The Balaban J connectivity index is 2.21. The maximum Gasteiger partial charge on any atom is 0.335 e. The van der Waals surface area contributed by atoms with Crippen LogP contribution >= 0.6 is 0 Å². The van der Waals surface area contributed by atoms with Gasteiger partial charge in [0.25, 0.3) is 0 Å². The zero-order chi connectivity index (χ0) is 19.1. The lowest BCUT2D eigenvalue weighted by Gasteiger charge is -2.16. The molecule has 6 heteroatoms. The van der Waals surface area contributed by atoms with Crippen molar-refractivity contribution in [3.8, 4) is 17.2 Å². The summed E-state index contributed by atoms with van der Waals surface area (Å²) in [5.41, 5.74) is 0.103. The molecule has 0 aliphatic heterocycles. The number of carbonyl (C=O) groups is 1. The standard InChI is InChI=1S/C20H24O5S/c1-4-5-6-14(2)24-17-11-15(20(21)22)12-18(13-17)25-16-7-9-19(10-8-16)26(3)23/h7-14H,4-6H2,1-3H3,(H,21,22). The van der Waals surface area contributed by atoms with Crippen molar-refractivity contribution in [2.75, 3.05) is 6.26 Å². The third-order valence-electron chi connectivity index (χ3n) is 3.82. The van der Waals surface area contributed by atoms with Crippen LogP contribution in [-0.2, 0) is 10.8 Å². The maximum absolute atomic E-state index is 11.4. The van der Waals surface area contributed by atoms with Crippen LogP contribution in [0, 0.1) is 0 Å². The van der Waals surface area contributed by atoms with Crippen LogP contribution in [0.1, 0.15) is 43.5 Å². The highest BCUT2D eigenvalue weighted by molar-refractivity contribution is 7.84. The van der Waals surface area contributed by atoms with E-state index in [0.29, 0.717) is 22.1 Å². The SMILES string of the molecule is CCCCC(C)Oc1cc(Oc2ccc(S(C)=O)cc2)cc(C(=O)O)c1. The zero-order valence-corrected chi connectivity index (χ0v) is 16.0. The number of benzene rings is 2. The molecule has 1 N–H and O–H groups in total. The predicted octanol–water partition coefficient (Wildman–Crippen LogP) is 4.87. The number of unbranched alkanes of at least 4 members (excludes halogenated alkanes) is 1. The first kappa shape index (κ1) is 20.0. The number of aromatic carboxylic acids is 1. The molecule has 5 nitrogen and oxygen atoms in total. The first-order valence-corrected chi connectivity index (χ1v) is 10.1. The van der Waals surface area contributed by atoms with E-state index in [0.717, 1.165) is 19.3 Å². The lowest BCUT2D eigenvalue weighted by Crippen LogP contribution is -2.12. The summed E-state index contributed by atoms with van der Waals surface area (Å²) in [5, 5.41) is 9.33. The van der Waals surface area contributed by atoms with Gasteiger partial charge in [-0.05, 0) is 49.7 Å². The third kappa shape index (κ3) is 5.88. The van der Waals surface area contributed by atoms with Gasteiger partial charge >= 0.3 is 5.97 Å². The average Bonchev–Trinajstić information content (AvgIpc) is 2.60. The molecular weight excluding hydrogens is 352 g/mol. The van der Waals surface area contributed by atoms with Gasteiger partial charge in [0.05, 0.1) is 11.7 Å². The fourth-order valence-corrected chi connectivity index (χ4v) is 2.96. The molecule has 0 amide bonds. The molecule has 2 aromatic rings. The number of ether oxygens (including phenoxy) is 2. The number of carboxylic acid groups (broad SMARTS) is 1. The molecule has 0 heterocycles. The Labute approximate surface area is 156 Å². The summed E-state index contributed by atoms with van der Waals surface area (Å²) >= 11 is 0. The molecule has 0 aromatic heterocycles. The van der Waals surface area contributed by atoms with Crippen LogP contribution in [0.3, 0.4) is 0 Å². The van der Waals surface area contributed by atoms with Crippen LogP contribution in [0.2, 0.25) is 0 Å². The number of hydrogen-bond acceptors (Lipinski definition) is 4. The molecule has 2 rings (SSSR count).